The minimum absolute atomic E-state index is 0.0264. The molecule has 1 aliphatic heterocycles. The zero-order valence-corrected chi connectivity index (χ0v) is 10.7. The van der Waals surface area contributed by atoms with Gasteiger partial charge < -0.3 is 4.57 Å². The maximum atomic E-state index is 12.1. The highest BCUT2D eigenvalue weighted by Gasteiger charge is 2.50. The minimum atomic E-state index is -1.82. The molecule has 1 atom stereocenters. The van der Waals surface area contributed by atoms with Crippen LogP contribution in [0.3, 0.4) is 0 Å². The molecule has 14 heavy (non-hydrogen) atoms. The fourth-order valence-corrected chi connectivity index (χ4v) is 3.53. The molecule has 3 nitrogen and oxygen atoms in total. The van der Waals surface area contributed by atoms with Gasteiger partial charge in [0.1, 0.15) is 0 Å². The highest BCUT2D eigenvalue weighted by molar-refractivity contribution is 6.78. The Hall–Kier alpha value is -0.643. The van der Waals surface area contributed by atoms with Gasteiger partial charge in [0.05, 0.1) is 5.41 Å². The third-order valence-corrected chi connectivity index (χ3v) is 4.76. The van der Waals surface area contributed by atoms with E-state index in [4.69, 9.17) is 0 Å². The predicted octanol–water partition coefficient (Wildman–Crippen LogP) is 2.00. The zero-order chi connectivity index (χ0) is 11.1. The van der Waals surface area contributed by atoms with E-state index in [0.717, 1.165) is 6.42 Å². The summed E-state index contributed by atoms with van der Waals surface area (Å²) in [6.07, 6.45) is 1.14. The Bertz CT molecular complexity index is 282. The van der Waals surface area contributed by atoms with E-state index in [2.05, 4.69) is 0 Å². The van der Waals surface area contributed by atoms with E-state index >= 15 is 0 Å². The Morgan fingerprint density at radius 3 is 2.07 bits per heavy atom. The van der Waals surface area contributed by atoms with Crippen molar-refractivity contribution in [2.45, 2.75) is 46.3 Å². The van der Waals surface area contributed by atoms with Crippen LogP contribution in [0.4, 0.5) is 0 Å². The van der Waals surface area contributed by atoms with E-state index in [-0.39, 0.29) is 11.8 Å². The van der Waals surface area contributed by atoms with Gasteiger partial charge in [0, 0.05) is 6.42 Å². The Balaban J connectivity index is 3.04. The van der Waals surface area contributed by atoms with Crippen LogP contribution in [0.2, 0.25) is 19.6 Å². The molecule has 1 aliphatic rings. The summed E-state index contributed by atoms with van der Waals surface area (Å²) < 4.78 is 1.55. The summed E-state index contributed by atoms with van der Waals surface area (Å²) in [6, 6.07) is 0. The number of rotatable bonds is 2. The van der Waals surface area contributed by atoms with Crippen molar-refractivity contribution in [3.63, 3.8) is 0 Å². The minimum Gasteiger partial charge on any atom is -0.312 e. The third kappa shape index (κ3) is 1.63. The molecule has 4 heteroatoms. The van der Waals surface area contributed by atoms with Gasteiger partial charge in [-0.15, -0.1) is 0 Å². The van der Waals surface area contributed by atoms with Crippen LogP contribution in [0.15, 0.2) is 0 Å². The molecular weight excluding hydrogens is 194 g/mol. The van der Waals surface area contributed by atoms with Gasteiger partial charge in [-0.1, -0.05) is 33.5 Å². The van der Waals surface area contributed by atoms with E-state index in [0.29, 0.717) is 6.42 Å². The molecule has 1 heterocycles. The van der Waals surface area contributed by atoms with E-state index in [1.807, 2.05) is 33.5 Å². The lowest BCUT2D eigenvalue weighted by molar-refractivity contribution is -0.136. The van der Waals surface area contributed by atoms with Gasteiger partial charge in [-0.3, -0.25) is 9.59 Å². The smallest absolute Gasteiger partial charge is 0.227 e. The van der Waals surface area contributed by atoms with E-state index in [1.165, 1.54) is 0 Å². The van der Waals surface area contributed by atoms with E-state index in [1.54, 1.807) is 4.57 Å². The predicted molar refractivity (Wildman–Crippen MR) is 58.2 cm³/mol. The summed E-state index contributed by atoms with van der Waals surface area (Å²) in [4.78, 5) is 23.8. The van der Waals surface area contributed by atoms with Crippen LogP contribution < -0.4 is 0 Å². The SMILES string of the molecule is CCC1(C)CC(=O)N([Si](C)(C)C)C1=O. The van der Waals surface area contributed by atoms with Crippen LogP contribution in [0.5, 0.6) is 0 Å². The Morgan fingerprint density at radius 2 is 1.86 bits per heavy atom. The second-order valence-corrected chi connectivity index (χ2v) is 10.1. The second kappa shape index (κ2) is 3.19. The quantitative estimate of drug-likeness (QED) is 0.519. The van der Waals surface area contributed by atoms with Gasteiger partial charge in [0.25, 0.3) is 0 Å². The summed E-state index contributed by atoms with van der Waals surface area (Å²) in [6.45, 7) is 9.96. The summed E-state index contributed by atoms with van der Waals surface area (Å²) in [5.74, 6) is 0.0719. The standard InChI is InChI=1S/C10H19NO2Si/c1-6-10(2)7-8(12)11(9(10)13)14(3,4)5/h6-7H2,1-5H3. The van der Waals surface area contributed by atoms with Crippen molar-refractivity contribution < 1.29 is 9.59 Å². The average Bonchev–Trinajstić information content (AvgIpc) is 2.22. The molecule has 0 aromatic heterocycles. The third-order valence-electron chi connectivity index (χ3n) is 2.96. The molecule has 0 aliphatic carbocycles. The first kappa shape index (κ1) is 11.4. The fourth-order valence-electron chi connectivity index (χ4n) is 1.83. The fraction of sp³-hybridized carbons (Fsp3) is 0.800. The molecule has 0 aromatic rings. The van der Waals surface area contributed by atoms with E-state index < -0.39 is 13.7 Å². The van der Waals surface area contributed by atoms with Crippen LogP contribution in [0.1, 0.15) is 26.7 Å². The average molecular weight is 213 g/mol. The van der Waals surface area contributed by atoms with Crippen molar-refractivity contribution in [3.8, 4) is 0 Å². The molecule has 1 fully saturated rings. The largest absolute Gasteiger partial charge is 0.312 e. The van der Waals surface area contributed by atoms with Crippen LogP contribution >= 0.6 is 0 Å². The van der Waals surface area contributed by atoms with Crippen molar-refractivity contribution in [1.82, 2.24) is 4.57 Å². The molecule has 0 radical (unpaired) electrons. The van der Waals surface area contributed by atoms with Gasteiger partial charge >= 0.3 is 0 Å². The molecule has 2 amide bonds. The molecule has 0 aromatic carbocycles. The van der Waals surface area contributed by atoms with Crippen molar-refractivity contribution >= 4 is 20.0 Å². The second-order valence-electron chi connectivity index (χ2n) is 5.30. The molecule has 1 rings (SSSR count). The molecule has 0 bridgehead atoms. The monoisotopic (exact) mass is 213 g/mol. The lowest BCUT2D eigenvalue weighted by Crippen LogP contribution is -2.50. The lowest BCUT2D eigenvalue weighted by atomic mass is 9.86. The maximum Gasteiger partial charge on any atom is 0.227 e. The van der Waals surface area contributed by atoms with Crippen molar-refractivity contribution in [1.29, 1.82) is 0 Å². The Labute approximate surface area is 86.6 Å². The lowest BCUT2D eigenvalue weighted by Gasteiger charge is -2.30. The summed E-state index contributed by atoms with van der Waals surface area (Å²) >= 11 is 0. The summed E-state index contributed by atoms with van der Waals surface area (Å²) in [5, 5.41) is 0. The molecule has 1 unspecified atom stereocenters. The molecule has 1 saturated heterocycles. The number of hydrogen-bond acceptors (Lipinski definition) is 2. The van der Waals surface area contributed by atoms with Gasteiger partial charge in [-0.2, -0.15) is 0 Å². The van der Waals surface area contributed by atoms with Gasteiger partial charge in [0.2, 0.25) is 11.8 Å². The Morgan fingerprint density at radius 1 is 1.36 bits per heavy atom. The number of carbonyl (C=O) groups is 2. The van der Waals surface area contributed by atoms with Crippen molar-refractivity contribution in [2.75, 3.05) is 0 Å². The van der Waals surface area contributed by atoms with Crippen LogP contribution in [-0.4, -0.2) is 24.6 Å². The molecular formula is C10H19NO2Si. The topological polar surface area (TPSA) is 37.4 Å². The highest BCUT2D eigenvalue weighted by atomic mass is 28.3. The van der Waals surface area contributed by atoms with Crippen molar-refractivity contribution in [3.05, 3.63) is 0 Å². The first-order valence-corrected chi connectivity index (χ1v) is 8.54. The van der Waals surface area contributed by atoms with Gasteiger partial charge in [-0.25, -0.2) is 0 Å². The highest BCUT2D eigenvalue weighted by Crippen LogP contribution is 2.37. The van der Waals surface area contributed by atoms with Crippen LogP contribution in [0, 0.1) is 5.41 Å². The van der Waals surface area contributed by atoms with Gasteiger partial charge in [-0.05, 0) is 6.42 Å². The first-order valence-electron chi connectivity index (χ1n) is 5.10. The molecule has 0 spiro atoms. The zero-order valence-electron chi connectivity index (χ0n) is 9.68. The number of imide groups is 1. The molecule has 0 N–H and O–H groups in total. The number of nitrogens with zero attached hydrogens (tertiary/aromatic N) is 1. The maximum absolute atomic E-state index is 12.1. The van der Waals surface area contributed by atoms with Gasteiger partial charge in [0.15, 0.2) is 8.24 Å². The molecule has 80 valence electrons. The normalized spacial score (nSPS) is 28.8. The summed E-state index contributed by atoms with van der Waals surface area (Å²) in [7, 11) is -1.82. The molecule has 0 saturated carbocycles. The van der Waals surface area contributed by atoms with E-state index in [9.17, 15) is 9.59 Å². The number of carbonyl (C=O) groups excluding carboxylic acids is 2. The summed E-state index contributed by atoms with van der Waals surface area (Å²) in [5.41, 5.74) is -0.433. The number of amides is 2. The van der Waals surface area contributed by atoms with Crippen LogP contribution in [-0.2, 0) is 9.59 Å². The first-order chi connectivity index (χ1) is 6.22. The van der Waals surface area contributed by atoms with Crippen LogP contribution in [0.25, 0.3) is 0 Å². The number of hydrogen-bond donors (Lipinski definition) is 0. The Kier molecular flexibility index (Phi) is 2.60. The van der Waals surface area contributed by atoms with Crippen molar-refractivity contribution in [2.24, 2.45) is 5.41 Å².